The van der Waals surface area contributed by atoms with Crippen LogP contribution in [0.3, 0.4) is 0 Å². The fourth-order valence-electron chi connectivity index (χ4n) is 0.813. The molecule has 0 bridgehead atoms. The first-order valence-corrected chi connectivity index (χ1v) is 4.82. The number of hydrogen-bond donors (Lipinski definition) is 1. The molecule has 5 heteroatoms. The lowest BCUT2D eigenvalue weighted by atomic mass is 10.1. The summed E-state index contributed by atoms with van der Waals surface area (Å²) in [6.07, 6.45) is 0. The minimum Gasteiger partial charge on any atom is -0.478 e. The summed E-state index contributed by atoms with van der Waals surface area (Å²) < 4.78 is 0. The summed E-state index contributed by atoms with van der Waals surface area (Å²) >= 11 is 0. The molecule has 90 valence electrons. The molecule has 0 aliphatic heterocycles. The van der Waals surface area contributed by atoms with Crippen LogP contribution in [0, 0.1) is 17.0 Å². The van der Waals surface area contributed by atoms with Crippen molar-refractivity contribution in [2.45, 2.75) is 20.8 Å². The molecule has 0 atom stereocenters. The number of aromatic carboxylic acids is 1. The second kappa shape index (κ2) is 9.64. The first-order valence-electron chi connectivity index (χ1n) is 4.82. The molecule has 0 unspecified atom stereocenters. The Morgan fingerprint density at radius 3 is 1.94 bits per heavy atom. The number of nitro groups is 1. The van der Waals surface area contributed by atoms with E-state index < -0.39 is 10.9 Å². The van der Waals surface area contributed by atoms with Gasteiger partial charge in [0, 0.05) is 4.92 Å². The van der Waals surface area contributed by atoms with Gasteiger partial charge in [0.15, 0.2) is 7.05 Å². The third-order valence-electron chi connectivity index (χ3n) is 1.38. The standard InChI is InChI=1S/C8H8O2.C2H6.CH3NO2/c1-6-4-2-3-5-7(6)8(9)10;1-2;1-2(3)4/h2-5H,1H3,(H,9,10);1-2H3;1H3. The third kappa shape index (κ3) is 8.68. The van der Waals surface area contributed by atoms with Crippen molar-refractivity contribution >= 4 is 5.97 Å². The third-order valence-corrected chi connectivity index (χ3v) is 1.38. The molecule has 0 saturated heterocycles. The quantitative estimate of drug-likeness (QED) is 0.590. The van der Waals surface area contributed by atoms with Crippen LogP contribution in [-0.4, -0.2) is 23.0 Å². The highest BCUT2D eigenvalue weighted by molar-refractivity contribution is 5.89. The molecular weight excluding hydrogens is 210 g/mol. The molecule has 1 aromatic carbocycles. The summed E-state index contributed by atoms with van der Waals surface area (Å²) in [6, 6.07) is 6.92. The van der Waals surface area contributed by atoms with Crippen LogP contribution in [0.25, 0.3) is 0 Å². The maximum absolute atomic E-state index is 10.4. The number of hydrogen-bond acceptors (Lipinski definition) is 3. The zero-order chi connectivity index (χ0) is 13.1. The Morgan fingerprint density at radius 2 is 1.69 bits per heavy atom. The lowest BCUT2D eigenvalue weighted by Gasteiger charge is -1.96. The van der Waals surface area contributed by atoms with Crippen molar-refractivity contribution in [3.63, 3.8) is 0 Å². The Labute approximate surface area is 94.9 Å². The number of carboxylic acids is 1. The second-order valence-electron chi connectivity index (χ2n) is 2.56. The van der Waals surface area contributed by atoms with E-state index in [0.29, 0.717) is 5.56 Å². The SMILES string of the molecule is CC.C[N+](=O)[O-].Cc1ccccc1C(=O)O. The lowest BCUT2D eigenvalue weighted by Crippen LogP contribution is -1.97. The van der Waals surface area contributed by atoms with E-state index in [0.717, 1.165) is 12.6 Å². The van der Waals surface area contributed by atoms with Gasteiger partial charge in [0.05, 0.1) is 5.56 Å². The van der Waals surface area contributed by atoms with Crippen molar-refractivity contribution < 1.29 is 14.8 Å². The van der Waals surface area contributed by atoms with Gasteiger partial charge in [-0.15, -0.1) is 0 Å². The highest BCUT2D eigenvalue weighted by Gasteiger charge is 2.02. The molecule has 0 fully saturated rings. The van der Waals surface area contributed by atoms with Gasteiger partial charge in [0.1, 0.15) is 0 Å². The normalized spacial score (nSPS) is 7.75. The van der Waals surface area contributed by atoms with Crippen LogP contribution in [0.15, 0.2) is 24.3 Å². The van der Waals surface area contributed by atoms with Gasteiger partial charge in [-0.25, -0.2) is 4.79 Å². The van der Waals surface area contributed by atoms with E-state index in [9.17, 15) is 4.79 Å². The number of aryl methyl sites for hydroxylation is 1. The van der Waals surface area contributed by atoms with Crippen molar-refractivity contribution in [3.8, 4) is 0 Å². The molecule has 5 nitrogen and oxygen atoms in total. The molecule has 1 rings (SSSR count). The van der Waals surface area contributed by atoms with Crippen LogP contribution in [0.5, 0.6) is 0 Å². The number of nitrogens with zero attached hydrogens (tertiary/aromatic N) is 1. The first-order chi connectivity index (χ1) is 7.45. The summed E-state index contributed by atoms with van der Waals surface area (Å²) in [5, 5.41) is 17.4. The van der Waals surface area contributed by atoms with Crippen LogP contribution in [0.2, 0.25) is 0 Å². The molecule has 0 aliphatic rings. The predicted octanol–water partition coefficient (Wildman–Crippen LogP) is 2.61. The Hall–Kier alpha value is -1.91. The summed E-state index contributed by atoms with van der Waals surface area (Å²) in [6.45, 7) is 5.78. The van der Waals surface area contributed by atoms with Crippen molar-refractivity contribution in [1.82, 2.24) is 0 Å². The summed E-state index contributed by atoms with van der Waals surface area (Å²) in [4.78, 5) is 18.7. The van der Waals surface area contributed by atoms with Gasteiger partial charge in [0.25, 0.3) is 0 Å². The molecule has 16 heavy (non-hydrogen) atoms. The van der Waals surface area contributed by atoms with Crippen LogP contribution in [0.1, 0.15) is 29.8 Å². The van der Waals surface area contributed by atoms with E-state index in [-0.39, 0.29) is 0 Å². The minimum atomic E-state index is -0.863. The molecule has 0 radical (unpaired) electrons. The number of benzene rings is 1. The average Bonchev–Trinajstić information content (AvgIpc) is 2.20. The molecule has 0 spiro atoms. The topological polar surface area (TPSA) is 80.4 Å². The molecular formula is C11H17NO4. The summed E-state index contributed by atoms with van der Waals surface area (Å²) in [7, 11) is 0.889. The fourth-order valence-corrected chi connectivity index (χ4v) is 0.813. The van der Waals surface area contributed by atoms with Gasteiger partial charge in [0.2, 0.25) is 0 Å². The van der Waals surface area contributed by atoms with E-state index in [1.807, 2.05) is 19.9 Å². The number of carbonyl (C=O) groups is 1. The molecule has 1 aromatic rings. The minimum absolute atomic E-state index is 0.377. The van der Waals surface area contributed by atoms with E-state index >= 15 is 0 Å². The second-order valence-corrected chi connectivity index (χ2v) is 2.56. The fraction of sp³-hybridized carbons (Fsp3) is 0.364. The van der Waals surface area contributed by atoms with Gasteiger partial charge in [-0.3, -0.25) is 10.1 Å². The predicted molar refractivity (Wildman–Crippen MR) is 62.4 cm³/mol. The summed E-state index contributed by atoms with van der Waals surface area (Å²) in [5.74, 6) is -0.863. The molecule has 0 amide bonds. The Bertz CT molecular complexity index is 333. The lowest BCUT2D eigenvalue weighted by molar-refractivity contribution is -0.445. The van der Waals surface area contributed by atoms with Crippen LogP contribution >= 0.6 is 0 Å². The Morgan fingerprint density at radius 1 is 1.31 bits per heavy atom. The smallest absolute Gasteiger partial charge is 0.335 e. The molecule has 0 aromatic heterocycles. The van der Waals surface area contributed by atoms with E-state index in [1.54, 1.807) is 25.1 Å². The van der Waals surface area contributed by atoms with Crippen molar-refractivity contribution in [2.24, 2.45) is 0 Å². The summed E-state index contributed by atoms with van der Waals surface area (Å²) in [5.41, 5.74) is 1.18. The maximum atomic E-state index is 10.4. The van der Waals surface area contributed by atoms with Crippen molar-refractivity contribution in [1.29, 1.82) is 0 Å². The molecule has 0 heterocycles. The van der Waals surface area contributed by atoms with Gasteiger partial charge in [-0.1, -0.05) is 32.0 Å². The van der Waals surface area contributed by atoms with Crippen LogP contribution < -0.4 is 0 Å². The monoisotopic (exact) mass is 227 g/mol. The Kier molecular flexibility index (Phi) is 9.95. The highest BCUT2D eigenvalue weighted by Crippen LogP contribution is 2.05. The van der Waals surface area contributed by atoms with E-state index in [2.05, 4.69) is 0 Å². The first kappa shape index (κ1) is 16.5. The average molecular weight is 227 g/mol. The number of carboxylic acid groups (broad SMARTS) is 1. The van der Waals surface area contributed by atoms with Gasteiger partial charge >= 0.3 is 5.97 Å². The highest BCUT2D eigenvalue weighted by atomic mass is 16.6. The largest absolute Gasteiger partial charge is 0.478 e. The Balaban J connectivity index is 0. The molecule has 0 aliphatic carbocycles. The van der Waals surface area contributed by atoms with E-state index in [1.165, 1.54) is 0 Å². The van der Waals surface area contributed by atoms with E-state index in [4.69, 9.17) is 15.2 Å². The van der Waals surface area contributed by atoms with Gasteiger partial charge < -0.3 is 5.11 Å². The van der Waals surface area contributed by atoms with Gasteiger partial charge in [-0.2, -0.15) is 0 Å². The van der Waals surface area contributed by atoms with Crippen LogP contribution in [0.4, 0.5) is 0 Å². The zero-order valence-electron chi connectivity index (χ0n) is 9.93. The van der Waals surface area contributed by atoms with Crippen molar-refractivity contribution in [2.75, 3.05) is 7.05 Å². The molecule has 0 saturated carbocycles. The van der Waals surface area contributed by atoms with Crippen LogP contribution in [-0.2, 0) is 0 Å². The maximum Gasteiger partial charge on any atom is 0.335 e. The molecule has 1 N–H and O–H groups in total. The van der Waals surface area contributed by atoms with Gasteiger partial charge in [-0.05, 0) is 18.6 Å². The zero-order valence-corrected chi connectivity index (χ0v) is 9.93. The van der Waals surface area contributed by atoms with Crippen molar-refractivity contribution in [3.05, 3.63) is 45.5 Å². The number of rotatable bonds is 1.